The summed E-state index contributed by atoms with van der Waals surface area (Å²) in [7, 11) is -3.72. The average Bonchev–Trinajstić information content (AvgIpc) is 3.51. The zero-order chi connectivity index (χ0) is 21.7. The van der Waals surface area contributed by atoms with E-state index in [1.54, 1.807) is 23.1 Å². The molecule has 10 heteroatoms. The van der Waals surface area contributed by atoms with Gasteiger partial charge in [0.25, 0.3) is 5.91 Å². The summed E-state index contributed by atoms with van der Waals surface area (Å²) >= 11 is 1.47. The number of carbonyl (C=O) groups is 1. The van der Waals surface area contributed by atoms with Gasteiger partial charge in [0.15, 0.2) is 0 Å². The first kappa shape index (κ1) is 20.9. The number of hydrogen-bond acceptors (Lipinski definition) is 6. The van der Waals surface area contributed by atoms with Crippen molar-refractivity contribution in [3.8, 4) is 5.69 Å². The van der Waals surface area contributed by atoms with E-state index in [1.807, 2.05) is 41.8 Å². The van der Waals surface area contributed by atoms with Crippen molar-refractivity contribution < 1.29 is 13.2 Å². The molecule has 31 heavy (non-hydrogen) atoms. The number of carbonyl (C=O) groups excluding carboxylic acids is 1. The Hall–Kier alpha value is -3.34. The average molecular weight is 454 g/mol. The molecule has 0 aliphatic carbocycles. The highest BCUT2D eigenvalue weighted by Gasteiger charge is 2.16. The minimum atomic E-state index is -3.72. The zero-order valence-electron chi connectivity index (χ0n) is 16.3. The summed E-state index contributed by atoms with van der Waals surface area (Å²) < 4.78 is 29.3. The first-order chi connectivity index (χ1) is 15.0. The topological polar surface area (TPSA) is 106 Å². The molecule has 0 bridgehead atoms. The molecule has 4 aromatic rings. The van der Waals surface area contributed by atoms with Crippen molar-refractivity contribution in [2.45, 2.75) is 18.0 Å². The molecule has 0 saturated carbocycles. The number of aromatic nitrogens is 3. The smallest absolute Gasteiger partial charge is 0.251 e. The van der Waals surface area contributed by atoms with E-state index in [4.69, 9.17) is 0 Å². The fraction of sp³-hybridized carbons (Fsp3) is 0.0952. The number of benzene rings is 2. The van der Waals surface area contributed by atoms with Crippen LogP contribution in [0.1, 0.15) is 20.8 Å². The molecule has 1 amide bonds. The summed E-state index contributed by atoms with van der Waals surface area (Å²) in [6, 6.07) is 17.2. The van der Waals surface area contributed by atoms with Gasteiger partial charge in [0.05, 0.1) is 10.6 Å². The fourth-order valence-electron chi connectivity index (χ4n) is 2.86. The number of rotatable bonds is 8. The third kappa shape index (κ3) is 5.23. The molecule has 2 heterocycles. The zero-order valence-corrected chi connectivity index (χ0v) is 17.9. The second-order valence-electron chi connectivity index (χ2n) is 6.62. The van der Waals surface area contributed by atoms with Gasteiger partial charge in [-0.15, -0.1) is 11.3 Å². The van der Waals surface area contributed by atoms with E-state index in [2.05, 4.69) is 20.1 Å². The first-order valence-electron chi connectivity index (χ1n) is 9.35. The van der Waals surface area contributed by atoms with Crippen LogP contribution in [0.5, 0.6) is 0 Å². The van der Waals surface area contributed by atoms with Crippen molar-refractivity contribution in [1.29, 1.82) is 0 Å². The number of amides is 1. The predicted octanol–water partition coefficient (Wildman–Crippen LogP) is 2.74. The first-order valence-corrected chi connectivity index (χ1v) is 11.7. The molecule has 8 nitrogen and oxygen atoms in total. The third-order valence-electron chi connectivity index (χ3n) is 4.50. The monoisotopic (exact) mass is 453 g/mol. The lowest BCUT2D eigenvalue weighted by Gasteiger charge is -2.09. The molecule has 0 saturated heterocycles. The van der Waals surface area contributed by atoms with Crippen LogP contribution in [0.3, 0.4) is 0 Å². The standard InChI is InChI=1S/C21H19N5O3S2/c27-21(23-12-16-6-8-18(9-7-16)26-15-22-14-24-26)17-3-1-5-20(11-17)31(28,29)25-13-19-4-2-10-30-19/h1-11,14-15,25H,12-13H2,(H,23,27). The Morgan fingerprint density at radius 1 is 1.03 bits per heavy atom. The summed E-state index contributed by atoms with van der Waals surface area (Å²) in [5.74, 6) is -0.351. The molecule has 2 N–H and O–H groups in total. The third-order valence-corrected chi connectivity index (χ3v) is 6.77. The van der Waals surface area contributed by atoms with Crippen molar-refractivity contribution in [3.05, 3.63) is 94.7 Å². The van der Waals surface area contributed by atoms with E-state index in [1.165, 1.54) is 29.8 Å². The quantitative estimate of drug-likeness (QED) is 0.427. The molecule has 0 radical (unpaired) electrons. The van der Waals surface area contributed by atoms with Crippen molar-refractivity contribution in [2.24, 2.45) is 0 Å². The van der Waals surface area contributed by atoms with Crippen LogP contribution >= 0.6 is 11.3 Å². The summed E-state index contributed by atoms with van der Waals surface area (Å²) in [6.45, 7) is 0.519. The van der Waals surface area contributed by atoms with Crippen LogP contribution in [0, 0.1) is 0 Å². The molecule has 0 atom stereocenters. The minimum Gasteiger partial charge on any atom is -0.348 e. The minimum absolute atomic E-state index is 0.0499. The van der Waals surface area contributed by atoms with Crippen molar-refractivity contribution in [1.82, 2.24) is 24.8 Å². The Balaban J connectivity index is 1.38. The van der Waals surface area contributed by atoms with E-state index in [0.717, 1.165) is 16.1 Å². The van der Waals surface area contributed by atoms with Crippen LogP contribution in [0.4, 0.5) is 0 Å². The van der Waals surface area contributed by atoms with E-state index < -0.39 is 10.0 Å². The highest BCUT2D eigenvalue weighted by Crippen LogP contribution is 2.14. The highest BCUT2D eigenvalue weighted by atomic mass is 32.2. The number of nitrogens with zero attached hydrogens (tertiary/aromatic N) is 3. The maximum absolute atomic E-state index is 12.6. The van der Waals surface area contributed by atoms with E-state index >= 15 is 0 Å². The van der Waals surface area contributed by atoms with E-state index in [-0.39, 0.29) is 22.9 Å². The summed E-state index contributed by atoms with van der Waals surface area (Å²) in [6.07, 6.45) is 3.06. The van der Waals surface area contributed by atoms with Gasteiger partial charge in [-0.3, -0.25) is 4.79 Å². The Morgan fingerprint density at radius 2 is 1.87 bits per heavy atom. The van der Waals surface area contributed by atoms with Crippen LogP contribution in [0.2, 0.25) is 0 Å². The van der Waals surface area contributed by atoms with Crippen LogP contribution in [-0.2, 0) is 23.1 Å². The molecule has 0 aliphatic rings. The molecular formula is C21H19N5O3S2. The molecule has 158 valence electrons. The van der Waals surface area contributed by atoms with Gasteiger partial charge in [-0.25, -0.2) is 22.8 Å². The summed E-state index contributed by atoms with van der Waals surface area (Å²) in [5, 5.41) is 8.77. The molecule has 4 rings (SSSR count). The second-order valence-corrected chi connectivity index (χ2v) is 9.42. The van der Waals surface area contributed by atoms with Crippen LogP contribution in [-0.4, -0.2) is 29.1 Å². The Labute approximate surface area is 183 Å². The number of nitrogens with one attached hydrogen (secondary N) is 2. The maximum Gasteiger partial charge on any atom is 0.251 e. The lowest BCUT2D eigenvalue weighted by atomic mass is 10.2. The Bertz CT molecular complexity index is 1250. The number of hydrogen-bond donors (Lipinski definition) is 2. The Morgan fingerprint density at radius 3 is 2.58 bits per heavy atom. The molecule has 0 unspecified atom stereocenters. The summed E-state index contributed by atoms with van der Waals surface area (Å²) in [4.78, 5) is 17.4. The highest BCUT2D eigenvalue weighted by molar-refractivity contribution is 7.89. The number of thiophene rings is 1. The molecule has 0 spiro atoms. The fourth-order valence-corrected chi connectivity index (χ4v) is 4.65. The molecular weight excluding hydrogens is 434 g/mol. The normalized spacial score (nSPS) is 11.4. The molecule has 2 aromatic heterocycles. The van der Waals surface area contributed by atoms with Gasteiger partial charge in [-0.2, -0.15) is 5.10 Å². The molecule has 0 aliphatic heterocycles. The number of sulfonamides is 1. The van der Waals surface area contributed by atoms with E-state index in [9.17, 15) is 13.2 Å². The SMILES string of the molecule is O=C(NCc1ccc(-n2cncn2)cc1)c1cccc(S(=O)(=O)NCc2cccs2)c1. The van der Waals surface area contributed by atoms with Gasteiger partial charge in [0.1, 0.15) is 12.7 Å². The van der Waals surface area contributed by atoms with Crippen molar-refractivity contribution in [3.63, 3.8) is 0 Å². The van der Waals surface area contributed by atoms with Crippen LogP contribution < -0.4 is 10.0 Å². The van der Waals surface area contributed by atoms with Gasteiger partial charge in [0, 0.05) is 23.5 Å². The van der Waals surface area contributed by atoms with Gasteiger partial charge in [0.2, 0.25) is 10.0 Å². The Kier molecular flexibility index (Phi) is 6.21. The maximum atomic E-state index is 12.6. The molecule has 2 aromatic carbocycles. The van der Waals surface area contributed by atoms with Crippen LogP contribution in [0.15, 0.2) is 83.6 Å². The lowest BCUT2D eigenvalue weighted by Crippen LogP contribution is -2.25. The van der Waals surface area contributed by atoms with Gasteiger partial charge in [-0.1, -0.05) is 24.3 Å². The van der Waals surface area contributed by atoms with E-state index in [0.29, 0.717) is 6.54 Å². The van der Waals surface area contributed by atoms with Gasteiger partial charge in [-0.05, 0) is 47.3 Å². The second kappa shape index (κ2) is 9.21. The molecule has 0 fully saturated rings. The predicted molar refractivity (Wildman–Crippen MR) is 117 cm³/mol. The summed E-state index contributed by atoms with van der Waals surface area (Å²) in [5.41, 5.74) is 2.04. The van der Waals surface area contributed by atoms with Crippen molar-refractivity contribution >= 4 is 27.3 Å². The van der Waals surface area contributed by atoms with Gasteiger partial charge >= 0.3 is 0 Å². The lowest BCUT2D eigenvalue weighted by molar-refractivity contribution is 0.0950. The van der Waals surface area contributed by atoms with Crippen LogP contribution in [0.25, 0.3) is 5.69 Å². The van der Waals surface area contributed by atoms with Gasteiger partial charge < -0.3 is 5.32 Å². The van der Waals surface area contributed by atoms with Crippen molar-refractivity contribution in [2.75, 3.05) is 0 Å². The largest absolute Gasteiger partial charge is 0.348 e.